The molecule has 0 aliphatic heterocycles. The van der Waals surface area contributed by atoms with Gasteiger partial charge in [-0.25, -0.2) is 0 Å². The van der Waals surface area contributed by atoms with E-state index in [1.165, 1.54) is 13.2 Å². The molecule has 0 N–H and O–H groups in total. The SMILES string of the molecule is CC.CCn1ccc(=O)nc1OC. The molecule has 0 amide bonds. The van der Waals surface area contributed by atoms with Gasteiger partial charge in [-0.2, -0.15) is 4.98 Å². The van der Waals surface area contributed by atoms with E-state index in [1.807, 2.05) is 20.8 Å². The molecular formula is C9H16N2O2. The molecule has 0 bridgehead atoms. The first-order chi connectivity index (χ1) is 6.27. The minimum absolute atomic E-state index is 0.272. The predicted octanol–water partition coefficient (Wildman–Crippen LogP) is 1.30. The highest BCUT2D eigenvalue weighted by atomic mass is 16.5. The van der Waals surface area contributed by atoms with Crippen LogP contribution in [-0.4, -0.2) is 16.7 Å². The lowest BCUT2D eigenvalue weighted by Gasteiger charge is -2.05. The van der Waals surface area contributed by atoms with Gasteiger partial charge in [-0.05, 0) is 6.92 Å². The van der Waals surface area contributed by atoms with Crippen molar-refractivity contribution in [2.75, 3.05) is 7.11 Å². The Hall–Kier alpha value is -1.32. The minimum Gasteiger partial charge on any atom is -0.468 e. The van der Waals surface area contributed by atoms with Crippen molar-refractivity contribution in [3.63, 3.8) is 0 Å². The summed E-state index contributed by atoms with van der Waals surface area (Å²) in [6, 6.07) is 1.77. The van der Waals surface area contributed by atoms with Crippen molar-refractivity contribution >= 4 is 0 Å². The van der Waals surface area contributed by atoms with Gasteiger partial charge in [0.25, 0.3) is 11.6 Å². The van der Waals surface area contributed by atoms with Crippen LogP contribution in [0.1, 0.15) is 20.8 Å². The molecule has 0 radical (unpaired) electrons. The van der Waals surface area contributed by atoms with E-state index in [1.54, 1.807) is 10.8 Å². The van der Waals surface area contributed by atoms with Crippen molar-refractivity contribution in [3.8, 4) is 6.01 Å². The number of methoxy groups -OCH3 is 1. The number of aromatic nitrogens is 2. The van der Waals surface area contributed by atoms with Gasteiger partial charge in [0.05, 0.1) is 7.11 Å². The maximum absolute atomic E-state index is 10.7. The van der Waals surface area contributed by atoms with E-state index in [4.69, 9.17) is 4.74 Å². The monoisotopic (exact) mass is 184 g/mol. The maximum atomic E-state index is 10.7. The standard InChI is InChI=1S/C7H10N2O2.C2H6/c1-3-9-5-4-6(10)8-7(9)11-2;1-2/h4-5H,3H2,1-2H3;1-2H3. The summed E-state index contributed by atoms with van der Waals surface area (Å²) in [7, 11) is 1.49. The molecule has 0 unspecified atom stereocenters. The zero-order valence-electron chi connectivity index (χ0n) is 8.57. The summed E-state index contributed by atoms with van der Waals surface area (Å²) >= 11 is 0. The molecule has 0 aliphatic carbocycles. The molecule has 4 heteroatoms. The number of aryl methyl sites for hydroxylation is 1. The molecule has 1 heterocycles. The van der Waals surface area contributed by atoms with Crippen molar-refractivity contribution < 1.29 is 4.74 Å². The van der Waals surface area contributed by atoms with Gasteiger partial charge in [-0.15, -0.1) is 0 Å². The van der Waals surface area contributed by atoms with Crippen LogP contribution in [-0.2, 0) is 6.54 Å². The molecule has 0 aromatic carbocycles. The van der Waals surface area contributed by atoms with E-state index in [9.17, 15) is 4.79 Å². The van der Waals surface area contributed by atoms with Crippen LogP contribution in [0.3, 0.4) is 0 Å². The summed E-state index contributed by atoms with van der Waals surface area (Å²) < 4.78 is 6.62. The lowest BCUT2D eigenvalue weighted by Crippen LogP contribution is -2.12. The van der Waals surface area contributed by atoms with Gasteiger partial charge >= 0.3 is 0 Å². The van der Waals surface area contributed by atoms with Crippen molar-refractivity contribution in [1.82, 2.24) is 9.55 Å². The van der Waals surface area contributed by atoms with Crippen LogP contribution in [0.15, 0.2) is 17.1 Å². The largest absolute Gasteiger partial charge is 0.468 e. The van der Waals surface area contributed by atoms with E-state index in [-0.39, 0.29) is 5.56 Å². The second kappa shape index (κ2) is 6.22. The van der Waals surface area contributed by atoms with Crippen LogP contribution in [0.4, 0.5) is 0 Å². The van der Waals surface area contributed by atoms with Gasteiger partial charge in [0.1, 0.15) is 0 Å². The molecule has 4 nitrogen and oxygen atoms in total. The highest BCUT2D eigenvalue weighted by molar-refractivity contribution is 4.97. The van der Waals surface area contributed by atoms with Crippen molar-refractivity contribution in [2.24, 2.45) is 0 Å². The normalized spacial score (nSPS) is 8.62. The fraction of sp³-hybridized carbons (Fsp3) is 0.556. The molecule has 0 spiro atoms. The zero-order chi connectivity index (χ0) is 10.3. The third-order valence-corrected chi connectivity index (χ3v) is 1.37. The Balaban J connectivity index is 0.000000671. The van der Waals surface area contributed by atoms with Crippen LogP contribution in [0, 0.1) is 0 Å². The maximum Gasteiger partial charge on any atom is 0.299 e. The van der Waals surface area contributed by atoms with Gasteiger partial charge < -0.3 is 9.30 Å². The summed E-state index contributed by atoms with van der Waals surface area (Å²) in [5, 5.41) is 0. The first-order valence-corrected chi connectivity index (χ1v) is 4.39. The molecule has 1 aromatic heterocycles. The van der Waals surface area contributed by atoms with E-state index in [0.717, 1.165) is 6.54 Å². The molecule has 0 fully saturated rings. The van der Waals surface area contributed by atoms with Crippen LogP contribution in [0.25, 0.3) is 0 Å². The summed E-state index contributed by atoms with van der Waals surface area (Å²) in [6.45, 7) is 6.70. The highest BCUT2D eigenvalue weighted by Crippen LogP contribution is 2.00. The second-order valence-corrected chi connectivity index (χ2v) is 2.04. The molecule has 1 aromatic rings. The Morgan fingerprint density at radius 2 is 2.15 bits per heavy atom. The average molecular weight is 184 g/mol. The molecular weight excluding hydrogens is 168 g/mol. The lowest BCUT2D eigenvalue weighted by molar-refractivity contribution is 0.350. The van der Waals surface area contributed by atoms with E-state index in [0.29, 0.717) is 6.01 Å². The van der Waals surface area contributed by atoms with E-state index >= 15 is 0 Å². The third-order valence-electron chi connectivity index (χ3n) is 1.37. The molecule has 74 valence electrons. The fourth-order valence-corrected chi connectivity index (χ4v) is 0.817. The van der Waals surface area contributed by atoms with Crippen LogP contribution in [0.2, 0.25) is 0 Å². The number of ether oxygens (including phenoxy) is 1. The first kappa shape index (κ1) is 11.7. The smallest absolute Gasteiger partial charge is 0.299 e. The molecule has 13 heavy (non-hydrogen) atoms. The number of rotatable bonds is 2. The van der Waals surface area contributed by atoms with Gasteiger partial charge in [0.15, 0.2) is 0 Å². The topological polar surface area (TPSA) is 44.1 Å². The number of nitrogens with zero attached hydrogens (tertiary/aromatic N) is 2. The Labute approximate surface area is 78.2 Å². The highest BCUT2D eigenvalue weighted by Gasteiger charge is 1.98. The molecule has 0 atom stereocenters. The Morgan fingerprint density at radius 3 is 2.62 bits per heavy atom. The van der Waals surface area contributed by atoms with Crippen molar-refractivity contribution in [1.29, 1.82) is 0 Å². The lowest BCUT2D eigenvalue weighted by atomic mass is 10.6. The second-order valence-electron chi connectivity index (χ2n) is 2.04. The quantitative estimate of drug-likeness (QED) is 0.695. The summed E-state index contributed by atoms with van der Waals surface area (Å²) in [5.74, 6) is 0. The van der Waals surface area contributed by atoms with Crippen molar-refractivity contribution in [3.05, 3.63) is 22.6 Å². The third kappa shape index (κ3) is 3.27. The number of hydrogen-bond acceptors (Lipinski definition) is 3. The number of hydrogen-bond donors (Lipinski definition) is 0. The van der Waals surface area contributed by atoms with E-state index < -0.39 is 0 Å². The summed E-state index contributed by atoms with van der Waals surface area (Å²) in [6.07, 6.45) is 1.66. The predicted molar refractivity (Wildman–Crippen MR) is 52.1 cm³/mol. The average Bonchev–Trinajstić information content (AvgIpc) is 2.20. The van der Waals surface area contributed by atoms with Crippen LogP contribution >= 0.6 is 0 Å². The van der Waals surface area contributed by atoms with Gasteiger partial charge in [-0.3, -0.25) is 4.79 Å². The Kier molecular flexibility index (Phi) is 5.59. The van der Waals surface area contributed by atoms with Crippen LogP contribution < -0.4 is 10.3 Å². The fourth-order valence-electron chi connectivity index (χ4n) is 0.817. The molecule has 0 aliphatic rings. The summed E-state index contributed by atoms with van der Waals surface area (Å²) in [4.78, 5) is 14.4. The van der Waals surface area contributed by atoms with Gasteiger partial charge in [-0.1, -0.05) is 13.8 Å². The molecule has 1 rings (SSSR count). The summed E-state index contributed by atoms with van der Waals surface area (Å²) in [5.41, 5.74) is -0.272. The zero-order valence-corrected chi connectivity index (χ0v) is 8.57. The van der Waals surface area contributed by atoms with Gasteiger partial charge in [0.2, 0.25) is 0 Å². The Morgan fingerprint density at radius 1 is 1.54 bits per heavy atom. The minimum atomic E-state index is -0.272. The Bertz CT molecular complexity index is 294. The van der Waals surface area contributed by atoms with Crippen LogP contribution in [0.5, 0.6) is 6.01 Å². The molecule has 0 saturated heterocycles. The molecule has 0 saturated carbocycles. The van der Waals surface area contributed by atoms with Gasteiger partial charge in [0, 0.05) is 18.8 Å². The van der Waals surface area contributed by atoms with E-state index in [2.05, 4.69) is 4.98 Å². The first-order valence-electron chi connectivity index (χ1n) is 4.39. The van der Waals surface area contributed by atoms with Crippen molar-refractivity contribution in [2.45, 2.75) is 27.3 Å².